The smallest absolute Gasteiger partial charge is 0.446 e. The fraction of sp³-hybridized carbons (Fsp3) is 0.263. The van der Waals surface area contributed by atoms with Crippen LogP contribution in [0.25, 0.3) is 5.69 Å². The molecule has 5 nitrogen and oxygen atoms in total. The van der Waals surface area contributed by atoms with E-state index < -0.39 is 11.2 Å². The van der Waals surface area contributed by atoms with Gasteiger partial charge in [0.1, 0.15) is 0 Å². The van der Waals surface area contributed by atoms with Crippen LogP contribution in [0.15, 0.2) is 52.3 Å². The number of thioether (sulfide) groups is 1. The van der Waals surface area contributed by atoms with Gasteiger partial charge in [0.25, 0.3) is 0 Å². The van der Waals surface area contributed by atoms with Gasteiger partial charge in [0, 0.05) is 16.8 Å². The van der Waals surface area contributed by atoms with Gasteiger partial charge in [0.15, 0.2) is 0 Å². The van der Waals surface area contributed by atoms with Gasteiger partial charge in [-0.25, -0.2) is 9.36 Å². The average molecular weight is 409 g/mol. The third kappa shape index (κ3) is 4.24. The first-order valence-corrected chi connectivity index (χ1v) is 9.32. The number of imidazole rings is 1. The number of nitrogens with zero attached hydrogens (tertiary/aromatic N) is 3. The second-order valence-electron chi connectivity index (χ2n) is 6.16. The van der Waals surface area contributed by atoms with Crippen molar-refractivity contribution in [3.05, 3.63) is 70.0 Å². The first-order chi connectivity index (χ1) is 13.2. The summed E-state index contributed by atoms with van der Waals surface area (Å²) in [7, 11) is 0. The summed E-state index contributed by atoms with van der Waals surface area (Å²) in [5.41, 5.74) is -2.44. The monoisotopic (exact) mass is 409 g/mol. The van der Waals surface area contributed by atoms with Gasteiger partial charge < -0.3 is 5.11 Å². The summed E-state index contributed by atoms with van der Waals surface area (Å²) < 4.78 is 39.9. The highest BCUT2D eigenvalue weighted by Crippen LogP contribution is 2.37. The van der Waals surface area contributed by atoms with E-state index in [4.69, 9.17) is 0 Å². The van der Waals surface area contributed by atoms with E-state index in [1.807, 2.05) is 13.0 Å². The van der Waals surface area contributed by atoms with Crippen molar-refractivity contribution in [1.82, 2.24) is 14.1 Å². The van der Waals surface area contributed by atoms with Gasteiger partial charge >= 0.3 is 11.2 Å². The van der Waals surface area contributed by atoms with Crippen molar-refractivity contribution in [3.8, 4) is 11.6 Å². The van der Waals surface area contributed by atoms with E-state index in [0.29, 0.717) is 11.4 Å². The van der Waals surface area contributed by atoms with Crippen LogP contribution in [0.1, 0.15) is 23.9 Å². The molecule has 0 saturated heterocycles. The largest absolute Gasteiger partial charge is 0.493 e. The quantitative estimate of drug-likeness (QED) is 0.640. The second-order valence-corrected chi connectivity index (χ2v) is 7.30. The molecule has 0 amide bonds. The first-order valence-electron chi connectivity index (χ1n) is 8.50. The van der Waals surface area contributed by atoms with Gasteiger partial charge in [-0.15, -0.1) is 0 Å². The Bertz CT molecular complexity index is 1040. The summed E-state index contributed by atoms with van der Waals surface area (Å²) in [4.78, 5) is 17.1. The molecule has 0 unspecified atom stereocenters. The minimum absolute atomic E-state index is 0.00354. The third-order valence-corrected chi connectivity index (χ3v) is 5.01. The molecule has 0 fully saturated rings. The zero-order valence-electron chi connectivity index (χ0n) is 15.2. The fourth-order valence-corrected chi connectivity index (χ4v) is 3.39. The number of rotatable bonds is 5. The maximum absolute atomic E-state index is 12.8. The molecule has 0 spiro atoms. The van der Waals surface area contributed by atoms with Crippen LogP contribution in [0.5, 0.6) is 5.88 Å². The van der Waals surface area contributed by atoms with Crippen molar-refractivity contribution in [1.29, 1.82) is 0 Å². The lowest BCUT2D eigenvalue weighted by Crippen LogP contribution is -2.24. The summed E-state index contributed by atoms with van der Waals surface area (Å²) in [6.07, 6.45) is 2.43. The van der Waals surface area contributed by atoms with Crippen LogP contribution in [0.3, 0.4) is 0 Å². The van der Waals surface area contributed by atoms with Gasteiger partial charge in [-0.1, -0.05) is 6.92 Å². The molecule has 0 aliphatic heterocycles. The molecule has 148 valence electrons. The maximum Gasteiger partial charge on any atom is 0.446 e. The van der Waals surface area contributed by atoms with Crippen LogP contribution in [0.2, 0.25) is 0 Å². The summed E-state index contributed by atoms with van der Waals surface area (Å²) in [5.74, 6) is -0.244. The van der Waals surface area contributed by atoms with E-state index in [9.17, 15) is 23.1 Å². The highest BCUT2D eigenvalue weighted by Gasteiger charge is 2.29. The number of alkyl halides is 3. The van der Waals surface area contributed by atoms with Crippen LogP contribution >= 0.6 is 11.8 Å². The van der Waals surface area contributed by atoms with Crippen LogP contribution in [0, 0.1) is 6.92 Å². The van der Waals surface area contributed by atoms with E-state index in [-0.39, 0.29) is 29.1 Å². The normalized spacial score (nSPS) is 11.8. The predicted octanol–water partition coefficient (Wildman–Crippen LogP) is 4.27. The molecule has 0 saturated carbocycles. The van der Waals surface area contributed by atoms with Crippen molar-refractivity contribution in [3.63, 3.8) is 0 Å². The second kappa shape index (κ2) is 7.75. The van der Waals surface area contributed by atoms with Gasteiger partial charge in [-0.3, -0.25) is 9.55 Å². The average Bonchev–Trinajstić information content (AvgIpc) is 2.85. The van der Waals surface area contributed by atoms with E-state index >= 15 is 0 Å². The predicted molar refractivity (Wildman–Crippen MR) is 101 cm³/mol. The number of aromatic nitrogens is 3. The summed E-state index contributed by atoms with van der Waals surface area (Å²) in [6, 6.07) is 8.97. The van der Waals surface area contributed by atoms with Crippen LogP contribution in [0.4, 0.5) is 13.2 Å². The van der Waals surface area contributed by atoms with Crippen molar-refractivity contribution in [2.75, 3.05) is 0 Å². The molecule has 0 bridgehead atoms. The maximum atomic E-state index is 12.8. The van der Waals surface area contributed by atoms with Crippen molar-refractivity contribution < 1.29 is 18.3 Å². The minimum Gasteiger partial charge on any atom is -0.493 e. The fourth-order valence-electron chi connectivity index (χ4n) is 2.86. The van der Waals surface area contributed by atoms with E-state index in [1.165, 1.54) is 28.8 Å². The Labute approximate surface area is 163 Å². The zero-order chi connectivity index (χ0) is 20.5. The molecule has 2 heterocycles. The molecule has 28 heavy (non-hydrogen) atoms. The van der Waals surface area contributed by atoms with Crippen molar-refractivity contribution in [2.24, 2.45) is 0 Å². The highest BCUT2D eigenvalue weighted by atomic mass is 32.2. The zero-order valence-corrected chi connectivity index (χ0v) is 16.0. The molecule has 0 aliphatic rings. The molecule has 1 N–H and O–H groups in total. The Morgan fingerprint density at radius 1 is 1.18 bits per heavy atom. The Balaban J connectivity index is 1.95. The first kappa shape index (κ1) is 20.1. The van der Waals surface area contributed by atoms with E-state index in [2.05, 4.69) is 4.98 Å². The Hall–Kier alpha value is -2.68. The third-order valence-electron chi connectivity index (χ3n) is 4.27. The molecule has 0 atom stereocenters. The molecule has 9 heteroatoms. The van der Waals surface area contributed by atoms with Gasteiger partial charge in [-0.05, 0) is 67.1 Å². The van der Waals surface area contributed by atoms with Gasteiger partial charge in [0.05, 0.1) is 17.9 Å². The number of halogens is 3. The lowest BCUT2D eigenvalue weighted by atomic mass is 10.2. The number of hydrogen-bond acceptors (Lipinski definition) is 4. The minimum atomic E-state index is -4.39. The molecule has 0 radical (unpaired) electrons. The van der Waals surface area contributed by atoms with E-state index in [0.717, 1.165) is 22.2 Å². The number of benzene rings is 1. The molecule has 0 aliphatic carbocycles. The molecule has 2 aromatic heterocycles. The standard InChI is InChI=1S/C19H18F3N3O2S/c1-3-14-10-13(8-9-23-14)11-24-12(2)17(26)25(18(24)27)15-4-6-16(7-5-15)28-19(20,21)22/h4-10,26H,3,11H2,1-2H3. The van der Waals surface area contributed by atoms with Gasteiger partial charge in [-0.2, -0.15) is 13.2 Å². The van der Waals surface area contributed by atoms with Crippen molar-refractivity contribution in [2.45, 2.75) is 37.2 Å². The Morgan fingerprint density at radius 2 is 1.86 bits per heavy atom. The number of aromatic hydroxyl groups is 1. The Morgan fingerprint density at radius 3 is 2.46 bits per heavy atom. The van der Waals surface area contributed by atoms with Crippen LogP contribution in [-0.4, -0.2) is 24.7 Å². The molecular weight excluding hydrogens is 391 g/mol. The van der Waals surface area contributed by atoms with Crippen molar-refractivity contribution >= 4 is 11.8 Å². The Kier molecular flexibility index (Phi) is 5.55. The topological polar surface area (TPSA) is 60.0 Å². The number of pyridine rings is 1. The molecule has 1 aromatic carbocycles. The highest BCUT2D eigenvalue weighted by molar-refractivity contribution is 8.00. The summed E-state index contributed by atoms with van der Waals surface area (Å²) in [5, 5.41) is 10.4. The lowest BCUT2D eigenvalue weighted by Gasteiger charge is -2.07. The number of hydrogen-bond donors (Lipinski definition) is 1. The molecule has 3 rings (SSSR count). The summed E-state index contributed by atoms with van der Waals surface area (Å²) in [6.45, 7) is 3.85. The molecule has 3 aromatic rings. The SMILES string of the molecule is CCc1cc(Cn2c(C)c(O)n(-c3ccc(SC(F)(F)F)cc3)c2=O)ccn1. The van der Waals surface area contributed by atoms with Gasteiger partial charge in [0.2, 0.25) is 5.88 Å². The van der Waals surface area contributed by atoms with Crippen LogP contribution < -0.4 is 5.69 Å². The lowest BCUT2D eigenvalue weighted by molar-refractivity contribution is -0.0328. The van der Waals surface area contributed by atoms with E-state index in [1.54, 1.807) is 19.2 Å². The van der Waals surface area contributed by atoms with Crippen LogP contribution in [-0.2, 0) is 13.0 Å². The number of aryl methyl sites for hydroxylation is 1. The summed E-state index contributed by atoms with van der Waals surface area (Å²) >= 11 is -0.234. The molecular formula is C19H18F3N3O2S.